The molecule has 3 heteroatoms. The molecule has 1 aliphatic carbocycles. The molecule has 82 valence electrons. The molecule has 0 bridgehead atoms. The molecule has 1 fully saturated rings. The highest BCUT2D eigenvalue weighted by Crippen LogP contribution is 2.40. The van der Waals surface area contributed by atoms with Crippen molar-refractivity contribution in [3.63, 3.8) is 0 Å². The Morgan fingerprint density at radius 2 is 1.71 bits per heavy atom. The fraction of sp³-hybridized carbons (Fsp3) is 0.909. The summed E-state index contributed by atoms with van der Waals surface area (Å²) in [7, 11) is 0. The number of nitrogens with zero attached hydrogens (tertiary/aromatic N) is 1. The summed E-state index contributed by atoms with van der Waals surface area (Å²) in [4.78, 5) is 0. The number of hydrogen-bond acceptors (Lipinski definition) is 2. The molecule has 0 amide bonds. The molecular formula is C11H21ClN2. The Hall–Kier alpha value is -0.260. The monoisotopic (exact) mass is 216 g/mol. The van der Waals surface area contributed by atoms with Crippen LogP contribution >= 0.6 is 12.4 Å². The Morgan fingerprint density at radius 1 is 1.29 bits per heavy atom. The van der Waals surface area contributed by atoms with Crippen molar-refractivity contribution >= 4 is 12.4 Å². The Balaban J connectivity index is 0.00000169. The van der Waals surface area contributed by atoms with E-state index in [4.69, 9.17) is 11.0 Å². The van der Waals surface area contributed by atoms with Crippen LogP contribution in [0.1, 0.15) is 46.5 Å². The molecule has 0 unspecified atom stereocenters. The Labute approximate surface area is 93.3 Å². The van der Waals surface area contributed by atoms with Crippen molar-refractivity contribution in [2.24, 2.45) is 17.1 Å². The number of nitriles is 1. The summed E-state index contributed by atoms with van der Waals surface area (Å²) in [6.45, 7) is 6.81. The molecule has 0 aromatic carbocycles. The van der Waals surface area contributed by atoms with Gasteiger partial charge in [-0.3, -0.25) is 0 Å². The molecule has 1 saturated carbocycles. The van der Waals surface area contributed by atoms with Gasteiger partial charge in [0.2, 0.25) is 0 Å². The molecule has 0 spiro atoms. The fourth-order valence-electron chi connectivity index (χ4n) is 2.11. The first kappa shape index (κ1) is 13.7. The normalized spacial score (nSPS) is 32.9. The number of hydrogen-bond donors (Lipinski definition) is 1. The van der Waals surface area contributed by atoms with E-state index in [2.05, 4.69) is 26.8 Å². The molecule has 0 aromatic rings. The van der Waals surface area contributed by atoms with Crippen molar-refractivity contribution in [3.05, 3.63) is 0 Å². The van der Waals surface area contributed by atoms with E-state index in [1.807, 2.05) is 0 Å². The third kappa shape index (κ3) is 3.15. The summed E-state index contributed by atoms with van der Waals surface area (Å²) < 4.78 is 0. The predicted octanol–water partition coefficient (Wildman–Crippen LogP) is 2.87. The van der Waals surface area contributed by atoms with Gasteiger partial charge in [-0.1, -0.05) is 20.8 Å². The molecule has 2 N–H and O–H groups in total. The topological polar surface area (TPSA) is 49.8 Å². The van der Waals surface area contributed by atoms with Gasteiger partial charge < -0.3 is 5.73 Å². The van der Waals surface area contributed by atoms with Gasteiger partial charge in [0.25, 0.3) is 0 Å². The average molecular weight is 217 g/mol. The van der Waals surface area contributed by atoms with Crippen molar-refractivity contribution < 1.29 is 0 Å². The summed E-state index contributed by atoms with van der Waals surface area (Å²) >= 11 is 0. The highest BCUT2D eigenvalue weighted by Gasteiger charge is 2.35. The van der Waals surface area contributed by atoms with E-state index >= 15 is 0 Å². The highest BCUT2D eigenvalue weighted by molar-refractivity contribution is 5.85. The zero-order valence-electron chi connectivity index (χ0n) is 9.34. The van der Waals surface area contributed by atoms with Gasteiger partial charge in [-0.05, 0) is 37.0 Å². The highest BCUT2D eigenvalue weighted by atomic mass is 35.5. The van der Waals surface area contributed by atoms with Crippen LogP contribution in [0.4, 0.5) is 0 Å². The summed E-state index contributed by atoms with van der Waals surface area (Å²) in [5.41, 5.74) is 5.75. The number of halogens is 1. The lowest BCUT2D eigenvalue weighted by molar-refractivity contribution is 0.153. The Kier molecular flexibility index (Phi) is 4.42. The standard InChI is InChI=1S/C11H20N2.ClH/c1-10(2,3)9-4-6-11(13,8-12)7-5-9;/h9H,4-7,13H2,1-3H3;1H. The van der Waals surface area contributed by atoms with Crippen LogP contribution in [0.3, 0.4) is 0 Å². The molecule has 0 aromatic heterocycles. The first-order valence-corrected chi connectivity index (χ1v) is 5.07. The molecule has 2 nitrogen and oxygen atoms in total. The molecule has 1 rings (SSSR count). The summed E-state index contributed by atoms with van der Waals surface area (Å²) in [5.74, 6) is 0.734. The molecule has 0 radical (unpaired) electrons. The minimum Gasteiger partial charge on any atom is -0.313 e. The molecule has 1 aliphatic rings. The SMILES string of the molecule is CC(C)(C)C1CCC(N)(C#N)CC1.Cl. The van der Waals surface area contributed by atoms with E-state index in [0.29, 0.717) is 5.41 Å². The number of nitrogens with two attached hydrogens (primary N) is 1. The average Bonchev–Trinajstić information content (AvgIpc) is 2.04. The maximum Gasteiger partial charge on any atom is 0.104 e. The molecule has 0 heterocycles. The van der Waals surface area contributed by atoms with E-state index in [0.717, 1.165) is 31.6 Å². The van der Waals surface area contributed by atoms with Gasteiger partial charge >= 0.3 is 0 Å². The zero-order valence-corrected chi connectivity index (χ0v) is 10.2. The maximum absolute atomic E-state index is 8.86. The van der Waals surface area contributed by atoms with E-state index in [1.54, 1.807) is 0 Å². The quantitative estimate of drug-likeness (QED) is 0.677. The zero-order chi connectivity index (χ0) is 10.1. The maximum atomic E-state index is 8.86. The lowest BCUT2D eigenvalue weighted by Crippen LogP contribution is -2.43. The first-order valence-electron chi connectivity index (χ1n) is 5.07. The van der Waals surface area contributed by atoms with Gasteiger partial charge in [-0.15, -0.1) is 12.4 Å². The second kappa shape index (κ2) is 4.51. The first-order chi connectivity index (χ1) is 5.87. The minimum absolute atomic E-state index is 0. The van der Waals surface area contributed by atoms with E-state index in [-0.39, 0.29) is 12.4 Å². The van der Waals surface area contributed by atoms with Crippen molar-refractivity contribution in [1.29, 1.82) is 5.26 Å². The third-order valence-electron chi connectivity index (χ3n) is 3.33. The van der Waals surface area contributed by atoms with Crippen LogP contribution in [-0.2, 0) is 0 Å². The Bertz CT molecular complexity index is 216. The van der Waals surface area contributed by atoms with Gasteiger partial charge in [-0.25, -0.2) is 0 Å². The molecule has 14 heavy (non-hydrogen) atoms. The smallest absolute Gasteiger partial charge is 0.104 e. The fourth-order valence-corrected chi connectivity index (χ4v) is 2.11. The lowest BCUT2D eigenvalue weighted by Gasteiger charge is -2.38. The van der Waals surface area contributed by atoms with Gasteiger partial charge in [0, 0.05) is 0 Å². The van der Waals surface area contributed by atoms with E-state index in [1.165, 1.54) is 0 Å². The predicted molar refractivity (Wildman–Crippen MR) is 61.2 cm³/mol. The van der Waals surface area contributed by atoms with Crippen molar-refractivity contribution in [1.82, 2.24) is 0 Å². The minimum atomic E-state index is -0.526. The van der Waals surface area contributed by atoms with Crippen LogP contribution in [0, 0.1) is 22.7 Å². The van der Waals surface area contributed by atoms with Crippen LogP contribution in [0.2, 0.25) is 0 Å². The molecule has 0 atom stereocenters. The van der Waals surface area contributed by atoms with Crippen LogP contribution < -0.4 is 5.73 Å². The van der Waals surface area contributed by atoms with Crippen LogP contribution in [0.5, 0.6) is 0 Å². The van der Waals surface area contributed by atoms with Crippen molar-refractivity contribution in [2.45, 2.75) is 52.0 Å². The second-order valence-electron chi connectivity index (χ2n) is 5.41. The summed E-state index contributed by atoms with van der Waals surface area (Å²) in [6, 6.07) is 2.23. The van der Waals surface area contributed by atoms with Crippen molar-refractivity contribution in [3.8, 4) is 6.07 Å². The summed E-state index contributed by atoms with van der Waals surface area (Å²) in [6.07, 6.45) is 3.94. The van der Waals surface area contributed by atoms with Crippen LogP contribution in [0.25, 0.3) is 0 Å². The molecule has 0 saturated heterocycles. The second-order valence-corrected chi connectivity index (χ2v) is 5.41. The van der Waals surface area contributed by atoms with Crippen LogP contribution in [-0.4, -0.2) is 5.54 Å². The lowest BCUT2D eigenvalue weighted by atomic mass is 9.68. The number of rotatable bonds is 0. The van der Waals surface area contributed by atoms with Crippen molar-refractivity contribution in [2.75, 3.05) is 0 Å². The van der Waals surface area contributed by atoms with E-state index in [9.17, 15) is 0 Å². The van der Waals surface area contributed by atoms with Gasteiger partial charge in [0.15, 0.2) is 0 Å². The largest absolute Gasteiger partial charge is 0.313 e. The Morgan fingerprint density at radius 3 is 2.00 bits per heavy atom. The van der Waals surface area contributed by atoms with Crippen LogP contribution in [0.15, 0.2) is 0 Å². The molecular weight excluding hydrogens is 196 g/mol. The summed E-state index contributed by atoms with van der Waals surface area (Å²) in [5, 5.41) is 8.86. The van der Waals surface area contributed by atoms with E-state index < -0.39 is 5.54 Å². The van der Waals surface area contributed by atoms with Gasteiger partial charge in [0.05, 0.1) is 6.07 Å². The molecule has 0 aliphatic heterocycles. The van der Waals surface area contributed by atoms with Gasteiger partial charge in [-0.2, -0.15) is 5.26 Å². The van der Waals surface area contributed by atoms with Gasteiger partial charge in [0.1, 0.15) is 5.54 Å². The third-order valence-corrected chi connectivity index (χ3v) is 3.33.